The molecule has 18 heavy (non-hydrogen) atoms. The second kappa shape index (κ2) is 3.66. The predicted molar refractivity (Wildman–Crippen MR) is 65.7 cm³/mol. The Morgan fingerprint density at radius 1 is 1.22 bits per heavy atom. The molecule has 0 aromatic carbocycles. The molecule has 0 spiro atoms. The van der Waals surface area contributed by atoms with Gasteiger partial charge >= 0.3 is 5.69 Å². The van der Waals surface area contributed by atoms with Gasteiger partial charge in [0.25, 0.3) is 5.56 Å². The molecule has 0 bridgehead atoms. The number of aromatic amines is 2. The number of ketones is 1. The van der Waals surface area contributed by atoms with E-state index in [-0.39, 0.29) is 22.8 Å². The van der Waals surface area contributed by atoms with Crippen LogP contribution < -0.4 is 11.2 Å². The first-order valence-corrected chi connectivity index (χ1v) is 5.45. The van der Waals surface area contributed by atoms with E-state index in [2.05, 4.69) is 15.0 Å². The van der Waals surface area contributed by atoms with Gasteiger partial charge in [0, 0.05) is 12.5 Å². The van der Waals surface area contributed by atoms with Crippen molar-refractivity contribution in [2.45, 2.75) is 20.8 Å². The monoisotopic (exact) mass is 250 g/mol. The van der Waals surface area contributed by atoms with Crippen molar-refractivity contribution < 1.29 is 4.79 Å². The van der Waals surface area contributed by atoms with Crippen LogP contribution in [0.25, 0.3) is 11.2 Å². The Morgan fingerprint density at radius 3 is 2.39 bits per heavy atom. The molecule has 0 saturated heterocycles. The summed E-state index contributed by atoms with van der Waals surface area (Å²) in [5, 5.41) is 0. The molecule has 2 rings (SSSR count). The number of aromatic nitrogens is 4. The fourth-order valence-corrected chi connectivity index (χ4v) is 1.57. The number of hydrogen-bond donors (Lipinski definition) is 2. The fraction of sp³-hybridized carbons (Fsp3) is 0.455. The van der Waals surface area contributed by atoms with Crippen molar-refractivity contribution in [3.8, 4) is 0 Å². The highest BCUT2D eigenvalue weighted by atomic mass is 16.2. The molecule has 0 saturated carbocycles. The van der Waals surface area contributed by atoms with Gasteiger partial charge in [-0.2, -0.15) is 0 Å². The Morgan fingerprint density at radius 2 is 1.83 bits per heavy atom. The summed E-state index contributed by atoms with van der Waals surface area (Å²) in [6.45, 7) is 5.27. The number of Topliss-reactive ketones (excluding diaryl/α,β-unsaturated/α-hetero) is 1. The number of nitrogens with one attached hydrogen (secondary N) is 2. The van der Waals surface area contributed by atoms with Crippen LogP contribution in [0.3, 0.4) is 0 Å². The first-order chi connectivity index (χ1) is 8.21. The minimum atomic E-state index is -0.612. The summed E-state index contributed by atoms with van der Waals surface area (Å²) in [5.41, 5.74) is -1.44. The Kier molecular flexibility index (Phi) is 2.50. The quantitative estimate of drug-likeness (QED) is 0.705. The highest BCUT2D eigenvalue weighted by Crippen LogP contribution is 2.19. The highest BCUT2D eigenvalue weighted by molar-refractivity contribution is 5.98. The molecule has 0 aliphatic heterocycles. The van der Waals surface area contributed by atoms with Gasteiger partial charge in [-0.05, 0) is 0 Å². The maximum absolute atomic E-state index is 12.0. The van der Waals surface area contributed by atoms with Gasteiger partial charge in [-0.3, -0.25) is 19.1 Å². The molecule has 2 aromatic rings. The lowest BCUT2D eigenvalue weighted by atomic mass is 9.90. The molecule has 0 unspecified atom stereocenters. The van der Waals surface area contributed by atoms with Crippen molar-refractivity contribution in [2.24, 2.45) is 12.5 Å². The second-order valence-corrected chi connectivity index (χ2v) is 5.18. The Balaban J connectivity index is 2.77. The van der Waals surface area contributed by atoms with Gasteiger partial charge in [-0.25, -0.2) is 9.78 Å². The summed E-state index contributed by atoms with van der Waals surface area (Å²) in [4.78, 5) is 43.9. The van der Waals surface area contributed by atoms with E-state index in [0.29, 0.717) is 0 Å². The number of carbonyl (C=O) groups is 1. The van der Waals surface area contributed by atoms with Gasteiger partial charge in [0.2, 0.25) is 5.78 Å². The first kappa shape index (κ1) is 12.3. The molecular formula is C11H14N4O3. The third-order valence-electron chi connectivity index (χ3n) is 2.65. The standard InChI is InChI=1S/C11H14N4O3/c1-11(2,3)6(16)7-12-5-8(13-7)15(4)10(18)14-9(5)17/h1-4H3,(H,12,13)(H,14,17,18). The van der Waals surface area contributed by atoms with Crippen LogP contribution in [0.4, 0.5) is 0 Å². The topological polar surface area (TPSA) is 101 Å². The van der Waals surface area contributed by atoms with Crippen LogP contribution in [-0.4, -0.2) is 25.3 Å². The van der Waals surface area contributed by atoms with Crippen molar-refractivity contribution in [2.75, 3.05) is 0 Å². The van der Waals surface area contributed by atoms with Gasteiger partial charge in [0.15, 0.2) is 11.5 Å². The van der Waals surface area contributed by atoms with Crippen molar-refractivity contribution in [3.05, 3.63) is 26.7 Å². The minimum Gasteiger partial charge on any atom is -0.330 e. The molecule has 7 nitrogen and oxygen atoms in total. The van der Waals surface area contributed by atoms with Crippen LogP contribution in [-0.2, 0) is 7.05 Å². The van der Waals surface area contributed by atoms with E-state index in [9.17, 15) is 14.4 Å². The van der Waals surface area contributed by atoms with Crippen LogP contribution in [0.1, 0.15) is 31.4 Å². The lowest BCUT2D eigenvalue weighted by molar-refractivity contribution is 0.0848. The third-order valence-corrected chi connectivity index (χ3v) is 2.65. The normalized spacial score (nSPS) is 12.0. The smallest absolute Gasteiger partial charge is 0.329 e. The van der Waals surface area contributed by atoms with Gasteiger partial charge in [-0.15, -0.1) is 0 Å². The van der Waals surface area contributed by atoms with E-state index in [1.54, 1.807) is 20.8 Å². The van der Waals surface area contributed by atoms with Crippen LogP contribution in [0.5, 0.6) is 0 Å². The van der Waals surface area contributed by atoms with Crippen molar-refractivity contribution in [1.82, 2.24) is 19.5 Å². The lowest BCUT2D eigenvalue weighted by Crippen LogP contribution is -2.28. The molecule has 0 radical (unpaired) electrons. The molecule has 0 aliphatic carbocycles. The Bertz CT molecular complexity index is 742. The number of imidazole rings is 1. The molecule has 7 heteroatoms. The van der Waals surface area contributed by atoms with E-state index in [0.717, 1.165) is 0 Å². The number of aryl methyl sites for hydroxylation is 1. The SMILES string of the molecule is Cn1c(=O)[nH]c(=O)c2[nH]c(C(=O)C(C)(C)C)nc21. The molecule has 2 aromatic heterocycles. The molecule has 2 N–H and O–H groups in total. The molecule has 2 heterocycles. The van der Waals surface area contributed by atoms with E-state index in [1.807, 2.05) is 0 Å². The van der Waals surface area contributed by atoms with Crippen LogP contribution >= 0.6 is 0 Å². The molecular weight excluding hydrogens is 236 g/mol. The number of nitrogens with zero attached hydrogens (tertiary/aromatic N) is 2. The summed E-state index contributed by atoms with van der Waals surface area (Å²) in [6.07, 6.45) is 0. The van der Waals surface area contributed by atoms with Gasteiger partial charge < -0.3 is 4.98 Å². The van der Waals surface area contributed by atoms with Crippen molar-refractivity contribution in [3.63, 3.8) is 0 Å². The first-order valence-electron chi connectivity index (χ1n) is 5.45. The Hall–Kier alpha value is -2.18. The second-order valence-electron chi connectivity index (χ2n) is 5.18. The summed E-state index contributed by atoms with van der Waals surface area (Å²) < 4.78 is 1.19. The lowest BCUT2D eigenvalue weighted by Gasteiger charge is -2.13. The maximum atomic E-state index is 12.0. The van der Waals surface area contributed by atoms with E-state index < -0.39 is 16.7 Å². The zero-order chi connectivity index (χ0) is 13.7. The van der Waals surface area contributed by atoms with Crippen molar-refractivity contribution in [1.29, 1.82) is 0 Å². The molecule has 0 fully saturated rings. The summed E-state index contributed by atoms with van der Waals surface area (Å²) in [6, 6.07) is 0. The maximum Gasteiger partial charge on any atom is 0.329 e. The number of carbonyl (C=O) groups excluding carboxylic acids is 1. The van der Waals surface area contributed by atoms with Crippen LogP contribution in [0, 0.1) is 5.41 Å². The highest BCUT2D eigenvalue weighted by Gasteiger charge is 2.26. The number of hydrogen-bond acceptors (Lipinski definition) is 4. The molecule has 0 atom stereocenters. The summed E-state index contributed by atoms with van der Waals surface area (Å²) in [5.74, 6) is -0.130. The number of H-pyrrole nitrogens is 2. The Labute approximate surface area is 102 Å². The molecule has 0 amide bonds. The predicted octanol–water partition coefficient (Wildman–Crippen LogP) is 0.179. The van der Waals surface area contributed by atoms with Crippen LogP contribution in [0.2, 0.25) is 0 Å². The average Bonchev–Trinajstić information content (AvgIpc) is 2.69. The zero-order valence-corrected chi connectivity index (χ0v) is 10.6. The van der Waals surface area contributed by atoms with E-state index >= 15 is 0 Å². The third kappa shape index (κ3) is 1.77. The largest absolute Gasteiger partial charge is 0.330 e. The fourth-order valence-electron chi connectivity index (χ4n) is 1.57. The van der Waals surface area contributed by atoms with Crippen LogP contribution in [0.15, 0.2) is 9.59 Å². The van der Waals surface area contributed by atoms with Crippen molar-refractivity contribution >= 4 is 16.9 Å². The molecule has 0 aliphatic rings. The van der Waals surface area contributed by atoms with E-state index in [1.165, 1.54) is 11.6 Å². The number of rotatable bonds is 1. The zero-order valence-electron chi connectivity index (χ0n) is 10.6. The summed E-state index contributed by atoms with van der Waals surface area (Å²) >= 11 is 0. The summed E-state index contributed by atoms with van der Waals surface area (Å²) in [7, 11) is 1.48. The number of fused-ring (bicyclic) bond motifs is 1. The van der Waals surface area contributed by atoms with E-state index in [4.69, 9.17) is 0 Å². The minimum absolute atomic E-state index is 0.0872. The average molecular weight is 250 g/mol. The van der Waals surface area contributed by atoms with Gasteiger partial charge in [-0.1, -0.05) is 20.8 Å². The van der Waals surface area contributed by atoms with Gasteiger partial charge in [0.1, 0.15) is 5.52 Å². The molecule has 96 valence electrons. The van der Waals surface area contributed by atoms with Gasteiger partial charge in [0.05, 0.1) is 0 Å².